The second-order valence-corrected chi connectivity index (χ2v) is 8.82. The zero-order chi connectivity index (χ0) is 25.2. The molecule has 1 aliphatic carbocycles. The summed E-state index contributed by atoms with van der Waals surface area (Å²) in [4.78, 5) is 24.7. The van der Waals surface area contributed by atoms with Crippen LogP contribution in [0.3, 0.4) is 0 Å². The highest BCUT2D eigenvalue weighted by molar-refractivity contribution is 5.86. The fourth-order valence-corrected chi connectivity index (χ4v) is 5.00. The van der Waals surface area contributed by atoms with Crippen molar-refractivity contribution in [1.29, 1.82) is 0 Å². The Hall–Kier alpha value is -4.39. The van der Waals surface area contributed by atoms with Crippen LogP contribution in [0.25, 0.3) is 22.0 Å². The molecule has 0 saturated heterocycles. The quantitative estimate of drug-likeness (QED) is 0.324. The average Bonchev–Trinajstić information content (AvgIpc) is 3.37. The summed E-state index contributed by atoms with van der Waals surface area (Å²) >= 11 is 0. The van der Waals surface area contributed by atoms with Gasteiger partial charge in [-0.1, -0.05) is 54.6 Å². The number of carboxylic acid groups (broad SMARTS) is 1. The number of halogens is 1. The molecule has 4 aromatic rings. The third-order valence-electron chi connectivity index (χ3n) is 6.61. The number of carbonyl (C=O) groups is 2. The lowest BCUT2D eigenvalue weighted by Gasteiger charge is -2.17. The van der Waals surface area contributed by atoms with E-state index in [1.807, 2.05) is 53.1 Å². The minimum absolute atomic E-state index is 0.0242. The highest BCUT2D eigenvalue weighted by atomic mass is 19.1. The predicted molar refractivity (Wildman–Crippen MR) is 135 cm³/mol. The number of fused-ring (bicyclic) bond motifs is 4. The number of amides is 1. The number of hydrogen-bond acceptors (Lipinski definition) is 3. The molecule has 182 valence electrons. The first kappa shape index (κ1) is 23.4. The summed E-state index contributed by atoms with van der Waals surface area (Å²) in [6.45, 7) is 4.30. The number of nitrogens with zero attached hydrogens (tertiary/aromatic N) is 1. The second kappa shape index (κ2) is 9.70. The van der Waals surface area contributed by atoms with Crippen molar-refractivity contribution < 1.29 is 23.8 Å². The molecule has 0 fully saturated rings. The molecule has 36 heavy (non-hydrogen) atoms. The summed E-state index contributed by atoms with van der Waals surface area (Å²) in [7, 11) is 0. The summed E-state index contributed by atoms with van der Waals surface area (Å²) < 4.78 is 21.3. The van der Waals surface area contributed by atoms with E-state index in [1.54, 1.807) is 18.3 Å². The van der Waals surface area contributed by atoms with Crippen molar-refractivity contribution >= 4 is 23.0 Å². The minimum atomic E-state index is -1.24. The van der Waals surface area contributed by atoms with Gasteiger partial charge in [0.2, 0.25) is 0 Å². The molecule has 1 aromatic heterocycles. The molecule has 6 nitrogen and oxygen atoms in total. The molecule has 0 spiro atoms. The van der Waals surface area contributed by atoms with Crippen LogP contribution in [0.15, 0.2) is 85.6 Å². The fourth-order valence-electron chi connectivity index (χ4n) is 5.00. The van der Waals surface area contributed by atoms with Gasteiger partial charge in [-0.25, -0.2) is 14.0 Å². The second-order valence-electron chi connectivity index (χ2n) is 8.82. The monoisotopic (exact) mass is 484 g/mol. The number of ether oxygens (including phenoxy) is 1. The van der Waals surface area contributed by atoms with Crippen LogP contribution in [0, 0.1) is 5.82 Å². The van der Waals surface area contributed by atoms with Gasteiger partial charge in [-0.3, -0.25) is 0 Å². The van der Waals surface area contributed by atoms with Gasteiger partial charge in [0.1, 0.15) is 18.5 Å². The third kappa shape index (κ3) is 4.35. The van der Waals surface area contributed by atoms with Crippen LogP contribution in [0.2, 0.25) is 0 Å². The lowest BCUT2D eigenvalue weighted by molar-refractivity contribution is -0.139. The first-order valence-electron chi connectivity index (χ1n) is 11.7. The number of alkyl carbamates (subject to hydrolysis) is 1. The maximum atomic E-state index is 13.9. The highest BCUT2D eigenvalue weighted by Gasteiger charge is 2.30. The Bertz CT molecular complexity index is 1430. The van der Waals surface area contributed by atoms with Gasteiger partial charge in [-0.15, -0.1) is 6.58 Å². The van der Waals surface area contributed by atoms with Crippen LogP contribution in [0.5, 0.6) is 0 Å². The van der Waals surface area contributed by atoms with Crippen molar-refractivity contribution in [3.8, 4) is 11.1 Å². The topological polar surface area (TPSA) is 80.6 Å². The standard InChI is InChI=1S/C29H25FN2O4/c1-2-13-32-16-18(24-15-19(30)11-12-27(24)32)14-26(28(33)34)31-29(35)36-17-25-22-9-5-3-7-20(22)21-8-4-6-10-23(21)25/h2-12,15-16,25-26H,1,13-14,17H2,(H,31,35)(H,33,34)/t26-/m0/s1. The molecule has 1 aliphatic rings. The number of rotatable bonds is 8. The smallest absolute Gasteiger partial charge is 0.407 e. The van der Waals surface area contributed by atoms with Crippen LogP contribution >= 0.6 is 0 Å². The molecule has 0 bridgehead atoms. The Labute approximate surface area is 207 Å². The van der Waals surface area contributed by atoms with E-state index >= 15 is 0 Å². The zero-order valence-corrected chi connectivity index (χ0v) is 19.5. The number of benzene rings is 3. The van der Waals surface area contributed by atoms with Crippen LogP contribution in [-0.4, -0.2) is 34.4 Å². The maximum Gasteiger partial charge on any atom is 0.407 e. The number of hydrogen-bond donors (Lipinski definition) is 2. The molecule has 1 atom stereocenters. The van der Waals surface area contributed by atoms with Gasteiger partial charge in [-0.05, 0) is 46.0 Å². The maximum absolute atomic E-state index is 13.9. The van der Waals surface area contributed by atoms with E-state index < -0.39 is 23.9 Å². The molecule has 2 N–H and O–H groups in total. The molecule has 3 aromatic carbocycles. The molecule has 7 heteroatoms. The van der Waals surface area contributed by atoms with Crippen LogP contribution < -0.4 is 5.32 Å². The van der Waals surface area contributed by atoms with Gasteiger partial charge < -0.3 is 19.7 Å². The molecule has 0 radical (unpaired) electrons. The van der Waals surface area contributed by atoms with Gasteiger partial charge in [0, 0.05) is 36.0 Å². The molecular weight excluding hydrogens is 459 g/mol. The van der Waals surface area contributed by atoms with Crippen LogP contribution in [0.4, 0.5) is 9.18 Å². The Balaban J connectivity index is 1.31. The number of aliphatic carboxylic acids is 1. The summed E-state index contributed by atoms with van der Waals surface area (Å²) in [6, 6.07) is 19.1. The highest BCUT2D eigenvalue weighted by Crippen LogP contribution is 2.44. The Morgan fingerprint density at radius 3 is 2.39 bits per heavy atom. The Kier molecular flexibility index (Phi) is 6.29. The van der Waals surface area contributed by atoms with Gasteiger partial charge >= 0.3 is 12.1 Å². The van der Waals surface area contributed by atoms with Crippen molar-refractivity contribution in [3.05, 3.63) is 108 Å². The molecule has 5 rings (SSSR count). The van der Waals surface area contributed by atoms with Crippen molar-refractivity contribution in [3.63, 3.8) is 0 Å². The zero-order valence-electron chi connectivity index (χ0n) is 19.5. The lowest BCUT2D eigenvalue weighted by atomic mass is 9.98. The van der Waals surface area contributed by atoms with Crippen molar-refractivity contribution in [2.75, 3.05) is 6.61 Å². The number of carboxylic acids is 1. The molecule has 0 aliphatic heterocycles. The van der Waals surface area contributed by atoms with Crippen LogP contribution in [-0.2, 0) is 22.5 Å². The van der Waals surface area contributed by atoms with Gasteiger partial charge in [-0.2, -0.15) is 0 Å². The molecule has 1 heterocycles. The fraction of sp³-hybridized carbons (Fsp3) is 0.172. The molecular formula is C29H25FN2O4. The summed E-state index contributed by atoms with van der Waals surface area (Å²) in [5.41, 5.74) is 5.72. The van der Waals surface area contributed by atoms with E-state index in [4.69, 9.17) is 4.74 Å². The molecule has 0 saturated carbocycles. The normalized spacial score (nSPS) is 13.1. The largest absolute Gasteiger partial charge is 0.480 e. The molecule has 0 unspecified atom stereocenters. The summed E-state index contributed by atoms with van der Waals surface area (Å²) in [5, 5.41) is 12.9. The predicted octanol–water partition coefficient (Wildman–Crippen LogP) is 5.50. The Morgan fingerprint density at radius 2 is 1.75 bits per heavy atom. The SMILES string of the molecule is C=CCn1cc(C[C@H](NC(=O)OCC2c3ccccc3-c3ccccc32)C(=O)O)c2cc(F)ccc21. The van der Waals surface area contributed by atoms with Gasteiger partial charge in [0.25, 0.3) is 0 Å². The van der Waals surface area contributed by atoms with E-state index in [0.29, 0.717) is 17.5 Å². The third-order valence-corrected chi connectivity index (χ3v) is 6.61. The summed E-state index contributed by atoms with van der Waals surface area (Å²) in [5.74, 6) is -1.76. The van der Waals surface area contributed by atoms with Crippen molar-refractivity contribution in [1.82, 2.24) is 9.88 Å². The number of aromatic nitrogens is 1. The minimum Gasteiger partial charge on any atom is -0.480 e. The molecule has 1 amide bonds. The summed E-state index contributed by atoms with van der Waals surface area (Å²) in [6.07, 6.45) is 2.63. The van der Waals surface area contributed by atoms with E-state index in [-0.39, 0.29) is 18.9 Å². The first-order valence-corrected chi connectivity index (χ1v) is 11.7. The lowest BCUT2D eigenvalue weighted by Crippen LogP contribution is -2.42. The van der Waals surface area contributed by atoms with Crippen molar-refractivity contribution in [2.24, 2.45) is 0 Å². The average molecular weight is 485 g/mol. The first-order chi connectivity index (χ1) is 17.5. The van der Waals surface area contributed by atoms with E-state index in [0.717, 1.165) is 27.8 Å². The Morgan fingerprint density at radius 1 is 1.08 bits per heavy atom. The van der Waals surface area contributed by atoms with Crippen LogP contribution in [0.1, 0.15) is 22.6 Å². The number of carbonyl (C=O) groups excluding carboxylic acids is 1. The van der Waals surface area contributed by atoms with E-state index in [9.17, 15) is 19.1 Å². The number of nitrogens with one attached hydrogen (secondary N) is 1. The van der Waals surface area contributed by atoms with E-state index in [2.05, 4.69) is 11.9 Å². The van der Waals surface area contributed by atoms with Crippen molar-refractivity contribution in [2.45, 2.75) is 24.9 Å². The number of allylic oxidation sites excluding steroid dienone is 1. The van der Waals surface area contributed by atoms with E-state index in [1.165, 1.54) is 12.1 Å². The van der Waals surface area contributed by atoms with Gasteiger partial charge in [0.15, 0.2) is 0 Å². The van der Waals surface area contributed by atoms with Gasteiger partial charge in [0.05, 0.1) is 0 Å².